The molecule has 0 aliphatic rings. The van der Waals surface area contributed by atoms with Gasteiger partial charge in [-0.25, -0.2) is 17.8 Å². The Balaban J connectivity index is 1.79. The van der Waals surface area contributed by atoms with Crippen molar-refractivity contribution >= 4 is 10.0 Å². The van der Waals surface area contributed by atoms with E-state index in [0.717, 1.165) is 29.0 Å². The Morgan fingerprint density at radius 2 is 1.76 bits per heavy atom. The summed E-state index contributed by atoms with van der Waals surface area (Å²) in [7, 11) is -1.63. The van der Waals surface area contributed by atoms with Gasteiger partial charge in [0, 0.05) is 18.2 Å². The van der Waals surface area contributed by atoms with Crippen molar-refractivity contribution in [2.75, 3.05) is 26.5 Å². The van der Waals surface area contributed by atoms with Crippen LogP contribution in [0.2, 0.25) is 0 Å². The molecule has 0 aliphatic carbocycles. The number of aromatic nitrogens is 2. The Bertz CT molecular complexity index is 1110. The number of ether oxygens (including phenoxy) is 2. The van der Waals surface area contributed by atoms with Crippen LogP contribution in [0.5, 0.6) is 11.5 Å². The van der Waals surface area contributed by atoms with Gasteiger partial charge in [0.25, 0.3) is 0 Å². The van der Waals surface area contributed by atoms with Crippen LogP contribution in [0.1, 0.15) is 5.69 Å². The zero-order chi connectivity index (χ0) is 20.9. The molecule has 8 nitrogen and oxygen atoms in total. The van der Waals surface area contributed by atoms with Crippen molar-refractivity contribution in [3.05, 3.63) is 60.3 Å². The Hall–Kier alpha value is -3.35. The average Bonchev–Trinajstić information content (AvgIpc) is 3.15. The highest BCUT2D eigenvalue weighted by molar-refractivity contribution is 7.88. The quantitative estimate of drug-likeness (QED) is 0.569. The third kappa shape index (κ3) is 5.34. The van der Waals surface area contributed by atoms with Crippen molar-refractivity contribution in [2.45, 2.75) is 0 Å². The molecule has 0 saturated heterocycles. The summed E-state index contributed by atoms with van der Waals surface area (Å²) in [5.41, 5.74) is 2.73. The fraction of sp³-hybridized carbons (Fsp3) is 0.200. The highest BCUT2D eigenvalue weighted by Crippen LogP contribution is 2.26. The number of hydrogen-bond donors (Lipinski definition) is 1. The predicted molar refractivity (Wildman–Crippen MR) is 109 cm³/mol. The van der Waals surface area contributed by atoms with Crippen molar-refractivity contribution in [1.29, 1.82) is 5.26 Å². The van der Waals surface area contributed by atoms with Gasteiger partial charge in [0.1, 0.15) is 24.2 Å². The van der Waals surface area contributed by atoms with E-state index in [1.807, 2.05) is 36.4 Å². The Morgan fingerprint density at radius 3 is 2.34 bits per heavy atom. The van der Waals surface area contributed by atoms with Gasteiger partial charge in [0.05, 0.1) is 24.7 Å². The van der Waals surface area contributed by atoms with Crippen molar-refractivity contribution in [2.24, 2.45) is 0 Å². The van der Waals surface area contributed by atoms with Gasteiger partial charge < -0.3 is 9.47 Å². The van der Waals surface area contributed by atoms with Crippen LogP contribution in [0.25, 0.3) is 16.9 Å². The molecule has 0 unspecified atom stereocenters. The first-order chi connectivity index (χ1) is 13.9. The Morgan fingerprint density at radius 1 is 1.10 bits per heavy atom. The van der Waals surface area contributed by atoms with E-state index in [1.165, 1.54) is 0 Å². The van der Waals surface area contributed by atoms with Crippen molar-refractivity contribution < 1.29 is 17.9 Å². The lowest BCUT2D eigenvalue weighted by Crippen LogP contribution is -2.26. The Kier molecular flexibility index (Phi) is 6.16. The predicted octanol–water partition coefficient (Wildman–Crippen LogP) is 2.35. The molecule has 0 aliphatic heterocycles. The van der Waals surface area contributed by atoms with Gasteiger partial charge >= 0.3 is 0 Å². The molecule has 150 valence electrons. The van der Waals surface area contributed by atoms with Crippen molar-refractivity contribution in [3.63, 3.8) is 0 Å². The largest absolute Gasteiger partial charge is 0.497 e. The molecule has 1 aromatic heterocycles. The maximum absolute atomic E-state index is 11.1. The number of rotatable bonds is 8. The van der Waals surface area contributed by atoms with Crippen LogP contribution < -0.4 is 14.2 Å². The van der Waals surface area contributed by atoms with E-state index in [9.17, 15) is 13.7 Å². The molecule has 0 amide bonds. The van der Waals surface area contributed by atoms with Gasteiger partial charge in [-0.2, -0.15) is 10.4 Å². The van der Waals surface area contributed by atoms with Crippen LogP contribution in [-0.4, -0.2) is 44.7 Å². The number of sulfonamides is 1. The van der Waals surface area contributed by atoms with Gasteiger partial charge in [-0.3, -0.25) is 0 Å². The fourth-order valence-electron chi connectivity index (χ4n) is 2.68. The van der Waals surface area contributed by atoms with Gasteiger partial charge in [-0.05, 0) is 48.5 Å². The molecule has 0 radical (unpaired) electrons. The zero-order valence-corrected chi connectivity index (χ0v) is 16.8. The Labute approximate surface area is 169 Å². The van der Waals surface area contributed by atoms with Crippen LogP contribution in [0.4, 0.5) is 0 Å². The molecule has 29 heavy (non-hydrogen) atoms. The molecular formula is C20H20N4O4S. The van der Waals surface area contributed by atoms with Gasteiger partial charge in [0.15, 0.2) is 5.69 Å². The fourth-order valence-corrected chi connectivity index (χ4v) is 3.13. The summed E-state index contributed by atoms with van der Waals surface area (Å²) in [6, 6.07) is 18.5. The molecule has 2 aromatic carbocycles. The monoisotopic (exact) mass is 412 g/mol. The summed E-state index contributed by atoms with van der Waals surface area (Å²) in [5, 5.41) is 13.6. The molecule has 0 atom stereocenters. The first-order valence-corrected chi connectivity index (χ1v) is 10.6. The van der Waals surface area contributed by atoms with Crippen molar-refractivity contribution in [3.8, 4) is 34.5 Å². The van der Waals surface area contributed by atoms with E-state index in [4.69, 9.17) is 9.47 Å². The number of nitriles is 1. The number of methoxy groups -OCH3 is 1. The number of nitrogens with one attached hydrogen (secondary N) is 1. The summed E-state index contributed by atoms with van der Waals surface area (Å²) in [6.07, 6.45) is 1.10. The topological polar surface area (TPSA) is 106 Å². The maximum Gasteiger partial charge on any atom is 0.208 e. The second-order valence-electron chi connectivity index (χ2n) is 6.18. The van der Waals surface area contributed by atoms with Crippen molar-refractivity contribution in [1.82, 2.24) is 14.5 Å². The summed E-state index contributed by atoms with van der Waals surface area (Å²) in [6.45, 7) is 0.408. The van der Waals surface area contributed by atoms with E-state index in [-0.39, 0.29) is 13.2 Å². The molecule has 1 heterocycles. The molecular weight excluding hydrogens is 392 g/mol. The third-order valence-corrected chi connectivity index (χ3v) is 4.75. The molecule has 0 bridgehead atoms. The highest BCUT2D eigenvalue weighted by atomic mass is 32.2. The van der Waals surface area contributed by atoms with E-state index >= 15 is 0 Å². The normalized spacial score (nSPS) is 11.1. The molecule has 3 aromatic rings. The second kappa shape index (κ2) is 8.77. The average molecular weight is 412 g/mol. The minimum Gasteiger partial charge on any atom is -0.497 e. The second-order valence-corrected chi connectivity index (χ2v) is 8.01. The molecule has 3 rings (SSSR count). The van der Waals surface area contributed by atoms with E-state index in [0.29, 0.717) is 11.4 Å². The van der Waals surface area contributed by atoms with Crippen LogP contribution >= 0.6 is 0 Å². The van der Waals surface area contributed by atoms with Crippen LogP contribution in [0.15, 0.2) is 54.6 Å². The standard InChI is InChI=1S/C20H20N4O4S/c1-27-18-9-5-17(6-10-18)24-20(13-16(14-21)23-24)15-3-7-19(8-4-15)28-12-11-22-29(2,25)26/h3-10,13,22H,11-12H2,1-2H3. The van der Waals surface area contributed by atoms with Gasteiger partial charge in [0.2, 0.25) is 10.0 Å². The maximum atomic E-state index is 11.1. The molecule has 9 heteroatoms. The molecule has 1 N–H and O–H groups in total. The third-order valence-electron chi connectivity index (χ3n) is 4.03. The first kappa shape index (κ1) is 20.4. The SMILES string of the molecule is COc1ccc(-n2nc(C#N)cc2-c2ccc(OCCNS(C)(=O)=O)cc2)cc1. The lowest BCUT2D eigenvalue weighted by molar-refractivity contribution is 0.323. The summed E-state index contributed by atoms with van der Waals surface area (Å²) >= 11 is 0. The zero-order valence-electron chi connectivity index (χ0n) is 16.0. The van der Waals surface area contributed by atoms with Crippen LogP contribution in [-0.2, 0) is 10.0 Å². The number of benzene rings is 2. The highest BCUT2D eigenvalue weighted by Gasteiger charge is 2.12. The van der Waals surface area contributed by atoms with E-state index in [1.54, 1.807) is 30.0 Å². The van der Waals surface area contributed by atoms with Crippen LogP contribution in [0, 0.1) is 11.3 Å². The smallest absolute Gasteiger partial charge is 0.208 e. The summed E-state index contributed by atoms with van der Waals surface area (Å²) in [5.74, 6) is 1.34. The minimum atomic E-state index is -3.23. The van der Waals surface area contributed by atoms with Gasteiger partial charge in [-0.1, -0.05) is 0 Å². The summed E-state index contributed by atoms with van der Waals surface area (Å²) < 4.78 is 36.9. The minimum absolute atomic E-state index is 0.191. The van der Waals surface area contributed by atoms with E-state index in [2.05, 4.69) is 15.9 Å². The van der Waals surface area contributed by atoms with Crippen LogP contribution in [0.3, 0.4) is 0 Å². The number of hydrogen-bond acceptors (Lipinski definition) is 6. The number of nitrogens with zero attached hydrogens (tertiary/aromatic N) is 3. The van der Waals surface area contributed by atoms with E-state index < -0.39 is 10.0 Å². The molecule has 0 spiro atoms. The molecule has 0 fully saturated rings. The lowest BCUT2D eigenvalue weighted by atomic mass is 10.1. The lowest BCUT2D eigenvalue weighted by Gasteiger charge is -2.10. The molecule has 0 saturated carbocycles. The first-order valence-electron chi connectivity index (χ1n) is 8.72. The van der Waals surface area contributed by atoms with Gasteiger partial charge in [-0.15, -0.1) is 0 Å². The summed E-state index contributed by atoms with van der Waals surface area (Å²) in [4.78, 5) is 0.